The molecule has 0 fully saturated rings. The van der Waals surface area contributed by atoms with Gasteiger partial charge in [-0.05, 0) is 44.9 Å². The Morgan fingerprint density at radius 1 is 0.543 bits per heavy atom. The lowest BCUT2D eigenvalue weighted by Crippen LogP contribution is -2.05. The zero-order valence-electron chi connectivity index (χ0n) is 23.7. The van der Waals surface area contributed by atoms with Crippen molar-refractivity contribution < 1.29 is 14.6 Å². The number of aliphatic hydroxyl groups is 1. The van der Waals surface area contributed by atoms with E-state index in [1.807, 2.05) is 0 Å². The van der Waals surface area contributed by atoms with Gasteiger partial charge >= 0.3 is 5.97 Å². The van der Waals surface area contributed by atoms with Gasteiger partial charge in [-0.3, -0.25) is 4.79 Å². The van der Waals surface area contributed by atoms with Gasteiger partial charge in [0.05, 0.1) is 6.61 Å². The van der Waals surface area contributed by atoms with Crippen LogP contribution in [0.4, 0.5) is 0 Å². The number of carbonyl (C=O) groups is 1. The van der Waals surface area contributed by atoms with Crippen LogP contribution in [0.3, 0.4) is 0 Å². The van der Waals surface area contributed by atoms with Crippen molar-refractivity contribution in [3.05, 3.63) is 12.2 Å². The van der Waals surface area contributed by atoms with Gasteiger partial charge in [0.1, 0.15) is 0 Å². The predicted molar refractivity (Wildman–Crippen MR) is 153 cm³/mol. The average molecular weight is 495 g/mol. The quantitative estimate of drug-likeness (QED) is 0.0639. The number of rotatable bonds is 29. The maximum Gasteiger partial charge on any atom is 0.305 e. The Balaban J connectivity index is 3.18. The summed E-state index contributed by atoms with van der Waals surface area (Å²) in [4.78, 5) is 11.9. The Morgan fingerprint density at radius 3 is 1.43 bits per heavy atom. The summed E-state index contributed by atoms with van der Waals surface area (Å²) in [6.45, 7) is 3.22. The van der Waals surface area contributed by atoms with Crippen LogP contribution in [-0.2, 0) is 9.53 Å². The van der Waals surface area contributed by atoms with Crippen molar-refractivity contribution in [3.63, 3.8) is 0 Å². The number of hydrogen-bond acceptors (Lipinski definition) is 3. The largest absolute Gasteiger partial charge is 0.466 e. The summed E-state index contributed by atoms with van der Waals surface area (Å²) in [6, 6.07) is 0. The van der Waals surface area contributed by atoms with Crippen molar-refractivity contribution >= 4 is 5.97 Å². The normalized spacial score (nSPS) is 11.5. The van der Waals surface area contributed by atoms with Gasteiger partial charge in [-0.1, -0.05) is 135 Å². The Hall–Kier alpha value is -0.830. The summed E-state index contributed by atoms with van der Waals surface area (Å²) in [7, 11) is 0. The van der Waals surface area contributed by atoms with Crippen molar-refractivity contribution in [2.45, 2.75) is 174 Å². The maximum atomic E-state index is 11.9. The van der Waals surface area contributed by atoms with Gasteiger partial charge in [-0.15, -0.1) is 0 Å². The number of hydrogen-bond donors (Lipinski definition) is 1. The maximum absolute atomic E-state index is 11.9. The lowest BCUT2D eigenvalue weighted by atomic mass is 10.0. The first-order valence-electron chi connectivity index (χ1n) is 15.7. The molecular formula is C32H62O3. The molecule has 1 N–H and O–H groups in total. The predicted octanol–water partition coefficient (Wildman–Crippen LogP) is 10.2. The van der Waals surface area contributed by atoms with Crippen LogP contribution in [-0.4, -0.2) is 24.3 Å². The summed E-state index contributed by atoms with van der Waals surface area (Å²) in [5, 5.41) is 8.76. The highest BCUT2D eigenvalue weighted by molar-refractivity contribution is 5.69. The van der Waals surface area contributed by atoms with Crippen LogP contribution in [0.25, 0.3) is 0 Å². The molecule has 0 aromatic heterocycles. The summed E-state index contributed by atoms with van der Waals surface area (Å²) < 4.78 is 5.40. The van der Waals surface area contributed by atoms with E-state index in [2.05, 4.69) is 19.1 Å². The van der Waals surface area contributed by atoms with Crippen LogP contribution < -0.4 is 0 Å². The summed E-state index contributed by atoms with van der Waals surface area (Å²) in [6.07, 6.45) is 36.9. The second-order valence-electron chi connectivity index (χ2n) is 10.5. The number of carbonyl (C=O) groups excluding carboxylic acids is 1. The Labute approximate surface area is 219 Å². The molecule has 0 aliphatic rings. The highest BCUT2D eigenvalue weighted by Crippen LogP contribution is 2.13. The molecule has 0 radical (unpaired) electrons. The topological polar surface area (TPSA) is 46.5 Å². The van der Waals surface area contributed by atoms with Crippen LogP contribution in [0.2, 0.25) is 0 Å². The standard InChI is InChI=1S/C32H62O3/c1-2-3-4-5-6-7-8-11-14-17-20-23-26-29-32(34)35-31-28-25-22-19-16-13-10-9-12-15-18-21-24-27-30-33/h7-8,33H,2-6,9-31H2,1H3/b8-7-. The van der Waals surface area contributed by atoms with Gasteiger partial charge in [0.25, 0.3) is 0 Å². The van der Waals surface area contributed by atoms with E-state index in [1.165, 1.54) is 135 Å². The van der Waals surface area contributed by atoms with Crippen LogP contribution in [0.5, 0.6) is 0 Å². The number of aliphatic hydroxyl groups excluding tert-OH is 1. The van der Waals surface area contributed by atoms with E-state index in [9.17, 15) is 4.79 Å². The first kappa shape index (κ1) is 34.2. The lowest BCUT2D eigenvalue weighted by Gasteiger charge is -2.05. The Bertz CT molecular complexity index is 433. The molecular weight excluding hydrogens is 432 g/mol. The van der Waals surface area contributed by atoms with Crippen molar-refractivity contribution in [1.29, 1.82) is 0 Å². The molecule has 0 saturated carbocycles. The van der Waals surface area contributed by atoms with E-state index in [0.717, 1.165) is 25.7 Å². The third-order valence-electron chi connectivity index (χ3n) is 6.96. The number of esters is 1. The molecule has 0 atom stereocenters. The minimum atomic E-state index is 0.00408. The zero-order valence-corrected chi connectivity index (χ0v) is 23.7. The fourth-order valence-electron chi connectivity index (χ4n) is 4.58. The van der Waals surface area contributed by atoms with Gasteiger partial charge in [0.15, 0.2) is 0 Å². The Kier molecular flexibility index (Phi) is 30.5. The fraction of sp³-hybridized carbons (Fsp3) is 0.906. The van der Waals surface area contributed by atoms with Crippen molar-refractivity contribution in [3.8, 4) is 0 Å². The molecule has 0 heterocycles. The zero-order chi connectivity index (χ0) is 25.5. The highest BCUT2D eigenvalue weighted by atomic mass is 16.5. The molecule has 0 amide bonds. The first-order chi connectivity index (χ1) is 17.3. The van der Waals surface area contributed by atoms with Crippen LogP contribution in [0.1, 0.15) is 174 Å². The molecule has 0 aromatic carbocycles. The fourth-order valence-corrected chi connectivity index (χ4v) is 4.58. The van der Waals surface area contributed by atoms with Crippen molar-refractivity contribution in [2.75, 3.05) is 13.2 Å². The van der Waals surface area contributed by atoms with Gasteiger partial charge in [-0.2, -0.15) is 0 Å². The number of ether oxygens (including phenoxy) is 1. The Morgan fingerprint density at radius 2 is 0.943 bits per heavy atom. The average Bonchev–Trinajstić information content (AvgIpc) is 2.86. The molecule has 0 bridgehead atoms. The van der Waals surface area contributed by atoms with E-state index in [-0.39, 0.29) is 5.97 Å². The summed E-state index contributed by atoms with van der Waals surface area (Å²) in [5.41, 5.74) is 0. The summed E-state index contributed by atoms with van der Waals surface area (Å²) in [5.74, 6) is 0.00408. The van der Waals surface area contributed by atoms with Gasteiger partial charge in [0.2, 0.25) is 0 Å². The molecule has 0 aliphatic carbocycles. The molecule has 208 valence electrons. The molecule has 0 unspecified atom stereocenters. The minimum Gasteiger partial charge on any atom is -0.466 e. The van der Waals surface area contributed by atoms with Crippen LogP contribution >= 0.6 is 0 Å². The molecule has 0 aromatic rings. The van der Waals surface area contributed by atoms with Gasteiger partial charge < -0.3 is 9.84 Å². The smallest absolute Gasteiger partial charge is 0.305 e. The first-order valence-corrected chi connectivity index (χ1v) is 15.7. The van der Waals surface area contributed by atoms with Crippen molar-refractivity contribution in [1.82, 2.24) is 0 Å². The third-order valence-corrected chi connectivity index (χ3v) is 6.96. The second-order valence-corrected chi connectivity index (χ2v) is 10.5. The van der Waals surface area contributed by atoms with E-state index in [1.54, 1.807) is 0 Å². The second kappa shape index (κ2) is 31.2. The molecule has 0 saturated heterocycles. The highest BCUT2D eigenvalue weighted by Gasteiger charge is 2.02. The minimum absolute atomic E-state index is 0.00408. The molecule has 3 heteroatoms. The molecule has 35 heavy (non-hydrogen) atoms. The molecule has 0 spiro atoms. The number of unbranched alkanes of at least 4 members (excludes halogenated alkanes) is 22. The van der Waals surface area contributed by atoms with Crippen LogP contribution in [0, 0.1) is 0 Å². The van der Waals surface area contributed by atoms with E-state index < -0.39 is 0 Å². The summed E-state index contributed by atoms with van der Waals surface area (Å²) >= 11 is 0. The SMILES string of the molecule is CCCCCC/C=C\CCCCCCCC(=O)OCCCCCCCCCCCCCCCCO. The van der Waals surface area contributed by atoms with E-state index >= 15 is 0 Å². The van der Waals surface area contributed by atoms with E-state index in [0.29, 0.717) is 19.6 Å². The van der Waals surface area contributed by atoms with Gasteiger partial charge in [0, 0.05) is 13.0 Å². The van der Waals surface area contributed by atoms with Crippen LogP contribution in [0.15, 0.2) is 12.2 Å². The van der Waals surface area contributed by atoms with E-state index in [4.69, 9.17) is 9.84 Å². The lowest BCUT2D eigenvalue weighted by molar-refractivity contribution is -0.143. The molecule has 3 nitrogen and oxygen atoms in total. The monoisotopic (exact) mass is 494 g/mol. The third kappa shape index (κ3) is 31.1. The van der Waals surface area contributed by atoms with Crippen molar-refractivity contribution in [2.24, 2.45) is 0 Å². The van der Waals surface area contributed by atoms with Gasteiger partial charge in [-0.25, -0.2) is 0 Å². The molecule has 0 rings (SSSR count). The number of allylic oxidation sites excluding steroid dienone is 2. The molecule has 0 aliphatic heterocycles.